The monoisotopic (exact) mass is 604 g/mol. The first-order chi connectivity index (χ1) is 21.7. The number of fused-ring (bicyclic) bond motifs is 2. The second-order valence-electron chi connectivity index (χ2n) is 12.1. The lowest BCUT2D eigenvalue weighted by Crippen LogP contribution is -2.50. The highest BCUT2D eigenvalue weighted by Gasteiger charge is 2.31. The van der Waals surface area contributed by atoms with E-state index in [1.165, 1.54) is 27.6 Å². The number of nitrogens with zero attached hydrogens (tertiary/aromatic N) is 3. The van der Waals surface area contributed by atoms with E-state index in [9.17, 15) is 4.79 Å². The zero-order valence-electron chi connectivity index (χ0n) is 26.3. The Balaban J connectivity index is 1.40. The highest BCUT2D eigenvalue weighted by Crippen LogP contribution is 2.35. The maximum atomic E-state index is 13.4. The number of aromatic nitrogens is 4. The summed E-state index contributed by atoms with van der Waals surface area (Å²) in [7, 11) is 3.29. The number of carbonyl (C=O) groups is 1. The van der Waals surface area contributed by atoms with Gasteiger partial charge in [0, 0.05) is 41.6 Å². The molecule has 3 aromatic carbocycles. The molecule has 4 N–H and O–H groups in total. The molecule has 0 saturated carbocycles. The van der Waals surface area contributed by atoms with Crippen molar-refractivity contribution >= 4 is 22.4 Å². The van der Waals surface area contributed by atoms with Gasteiger partial charge in [-0.15, -0.1) is 10.2 Å². The maximum Gasteiger partial charge on any atom is 0.240 e. The van der Waals surface area contributed by atoms with Crippen molar-refractivity contribution in [3.8, 4) is 11.5 Å². The zero-order valence-corrected chi connectivity index (χ0v) is 26.3. The van der Waals surface area contributed by atoms with Gasteiger partial charge >= 0.3 is 0 Å². The summed E-state index contributed by atoms with van der Waals surface area (Å²) in [5.41, 5.74) is 12.1. The van der Waals surface area contributed by atoms with Crippen molar-refractivity contribution in [1.29, 1.82) is 0 Å². The summed E-state index contributed by atoms with van der Waals surface area (Å²) in [4.78, 5) is 16.7. The second kappa shape index (κ2) is 12.6. The van der Waals surface area contributed by atoms with Gasteiger partial charge in [-0.25, -0.2) is 0 Å². The predicted octanol–water partition coefficient (Wildman–Crippen LogP) is 5.53. The third-order valence-electron chi connectivity index (χ3n) is 8.53. The molecule has 0 fully saturated rings. The molecule has 1 atom stereocenters. The molecule has 2 aromatic heterocycles. The number of benzene rings is 3. The van der Waals surface area contributed by atoms with E-state index >= 15 is 0 Å². The molecule has 0 spiro atoms. The van der Waals surface area contributed by atoms with E-state index in [4.69, 9.17) is 25.4 Å². The first-order valence-electron chi connectivity index (χ1n) is 15.3. The minimum Gasteiger partial charge on any atom is -0.497 e. The van der Waals surface area contributed by atoms with Crippen LogP contribution in [0.4, 0.5) is 0 Å². The van der Waals surface area contributed by atoms with Gasteiger partial charge < -0.3 is 30.1 Å². The van der Waals surface area contributed by atoms with E-state index in [-0.39, 0.29) is 5.91 Å². The molecule has 45 heavy (non-hydrogen) atoms. The Kier molecular flexibility index (Phi) is 8.45. The zero-order chi connectivity index (χ0) is 31.6. The molecule has 9 heteroatoms. The average Bonchev–Trinajstić information content (AvgIpc) is 3.76. The Hall–Kier alpha value is -4.89. The number of hydrogen-bond acceptors (Lipinski definition) is 6. The molecule has 5 aromatic rings. The van der Waals surface area contributed by atoms with Crippen molar-refractivity contribution in [3.05, 3.63) is 113 Å². The molecule has 0 aliphatic heterocycles. The number of nitrogens with two attached hydrogens (primary N) is 1. The number of hydrogen-bond donors (Lipinski definition) is 3. The van der Waals surface area contributed by atoms with Gasteiger partial charge in [0.1, 0.15) is 17.3 Å². The van der Waals surface area contributed by atoms with Crippen LogP contribution in [-0.2, 0) is 30.6 Å². The number of methoxy groups -OCH3 is 2. The fraction of sp³-hybridized carbons (Fsp3) is 0.306. The molecule has 0 unspecified atom stereocenters. The standard InChI is InChI=1S/C36H40N6O3/c1-36(2,37)35(43)39-31(19-24-14-13-23-9-5-6-10-28(23)24)34-41-40-33(18-16-25-21-38-30-12-8-7-11-29(25)30)42(34)22-26-15-17-27(44-3)20-32(26)45-4/h5-12,14-15,17,20-21,31,38H,13,16,18-19,22,37H2,1-4H3,(H,39,43)/t31-/m0/s1. The number of rotatable bonds is 12. The summed E-state index contributed by atoms with van der Waals surface area (Å²) < 4.78 is 13.3. The summed E-state index contributed by atoms with van der Waals surface area (Å²) in [6, 6.07) is 22.0. The molecule has 1 aliphatic rings. The lowest BCUT2D eigenvalue weighted by molar-refractivity contribution is -0.126. The number of amides is 1. The number of H-pyrrole nitrogens is 1. The van der Waals surface area contributed by atoms with Crippen LogP contribution in [0.5, 0.6) is 11.5 Å². The smallest absolute Gasteiger partial charge is 0.240 e. The van der Waals surface area contributed by atoms with Crippen LogP contribution in [0.25, 0.3) is 16.5 Å². The molecule has 1 amide bonds. The molecule has 1 aliphatic carbocycles. The molecule has 9 nitrogen and oxygen atoms in total. The molecule has 6 rings (SSSR count). The molecular formula is C36H40N6O3. The number of allylic oxidation sites excluding steroid dienone is 1. The fourth-order valence-corrected chi connectivity index (χ4v) is 6.02. The van der Waals surface area contributed by atoms with Gasteiger partial charge in [-0.2, -0.15) is 0 Å². The van der Waals surface area contributed by atoms with Crippen molar-refractivity contribution in [2.24, 2.45) is 5.73 Å². The van der Waals surface area contributed by atoms with Crippen LogP contribution in [0.3, 0.4) is 0 Å². The minimum atomic E-state index is -1.07. The quantitative estimate of drug-likeness (QED) is 0.172. The number of para-hydroxylation sites is 1. The number of carbonyl (C=O) groups excluding carboxylic acids is 1. The molecule has 2 heterocycles. The van der Waals surface area contributed by atoms with Gasteiger partial charge in [0.15, 0.2) is 5.82 Å². The van der Waals surface area contributed by atoms with Gasteiger partial charge in [-0.1, -0.05) is 48.5 Å². The fourth-order valence-electron chi connectivity index (χ4n) is 6.02. The van der Waals surface area contributed by atoms with Gasteiger partial charge in [0.25, 0.3) is 0 Å². The Morgan fingerprint density at radius 2 is 1.82 bits per heavy atom. The van der Waals surface area contributed by atoms with E-state index in [0.717, 1.165) is 29.7 Å². The normalized spacial score (nSPS) is 13.4. The van der Waals surface area contributed by atoms with Crippen molar-refractivity contribution in [3.63, 3.8) is 0 Å². The Morgan fingerprint density at radius 1 is 1.02 bits per heavy atom. The molecule has 0 bridgehead atoms. The predicted molar refractivity (Wildman–Crippen MR) is 176 cm³/mol. The molecule has 232 valence electrons. The second-order valence-corrected chi connectivity index (χ2v) is 12.1. The summed E-state index contributed by atoms with van der Waals surface area (Å²) in [5.74, 6) is 2.65. The Morgan fingerprint density at radius 3 is 2.62 bits per heavy atom. The number of ether oxygens (including phenoxy) is 2. The summed E-state index contributed by atoms with van der Waals surface area (Å²) in [5, 5.41) is 13.9. The van der Waals surface area contributed by atoms with Crippen LogP contribution in [-0.4, -0.2) is 45.4 Å². The lowest BCUT2D eigenvalue weighted by atomic mass is 9.97. The molecular weight excluding hydrogens is 564 g/mol. The SMILES string of the molecule is COc1ccc(Cn2c(CCc3c[nH]c4ccccc34)nnc2[C@H](CC2=CCc3ccccc32)NC(=O)C(C)(C)N)c(OC)c1. The van der Waals surface area contributed by atoms with E-state index in [1.54, 1.807) is 28.1 Å². The molecule has 0 saturated heterocycles. The van der Waals surface area contributed by atoms with Gasteiger partial charge in [-0.3, -0.25) is 4.79 Å². The Labute approximate surface area is 263 Å². The van der Waals surface area contributed by atoms with E-state index < -0.39 is 11.6 Å². The van der Waals surface area contributed by atoms with E-state index in [0.29, 0.717) is 36.7 Å². The van der Waals surface area contributed by atoms with Crippen LogP contribution in [0, 0.1) is 0 Å². The third kappa shape index (κ3) is 6.35. The van der Waals surface area contributed by atoms with E-state index in [2.05, 4.69) is 69.6 Å². The number of aromatic amines is 1. The third-order valence-corrected chi connectivity index (χ3v) is 8.53. The largest absolute Gasteiger partial charge is 0.497 e. The van der Waals surface area contributed by atoms with Crippen molar-refractivity contribution in [2.45, 2.75) is 57.7 Å². The van der Waals surface area contributed by atoms with Crippen molar-refractivity contribution in [1.82, 2.24) is 25.1 Å². The molecule has 0 radical (unpaired) electrons. The first-order valence-corrected chi connectivity index (χ1v) is 15.3. The van der Waals surface area contributed by atoms with Crippen LogP contribution >= 0.6 is 0 Å². The van der Waals surface area contributed by atoms with Gasteiger partial charge in [0.05, 0.1) is 32.3 Å². The summed E-state index contributed by atoms with van der Waals surface area (Å²) in [6.07, 6.45) is 7.15. The van der Waals surface area contributed by atoms with Crippen LogP contribution in [0.1, 0.15) is 60.2 Å². The maximum absolute atomic E-state index is 13.4. The van der Waals surface area contributed by atoms with Gasteiger partial charge in [-0.05, 0) is 67.2 Å². The van der Waals surface area contributed by atoms with Crippen molar-refractivity contribution in [2.75, 3.05) is 14.2 Å². The van der Waals surface area contributed by atoms with E-state index in [1.807, 2.05) is 24.3 Å². The lowest BCUT2D eigenvalue weighted by Gasteiger charge is -2.25. The summed E-state index contributed by atoms with van der Waals surface area (Å²) in [6.45, 7) is 3.87. The topological polar surface area (TPSA) is 120 Å². The Bertz CT molecular complexity index is 1860. The van der Waals surface area contributed by atoms with Crippen molar-refractivity contribution < 1.29 is 14.3 Å². The van der Waals surface area contributed by atoms with Crippen LogP contribution in [0.2, 0.25) is 0 Å². The highest BCUT2D eigenvalue weighted by atomic mass is 16.5. The minimum absolute atomic E-state index is 0.253. The average molecular weight is 605 g/mol. The van der Waals surface area contributed by atoms with Gasteiger partial charge in [0.2, 0.25) is 5.91 Å². The summed E-state index contributed by atoms with van der Waals surface area (Å²) >= 11 is 0. The highest BCUT2D eigenvalue weighted by molar-refractivity contribution is 5.86. The first kappa shape index (κ1) is 30.1. The van der Waals surface area contributed by atoms with Crippen LogP contribution < -0.4 is 20.5 Å². The van der Waals surface area contributed by atoms with Crippen LogP contribution in [0.15, 0.2) is 79.0 Å². The number of nitrogens with one attached hydrogen (secondary N) is 2. The number of aryl methyl sites for hydroxylation is 2.